The summed E-state index contributed by atoms with van der Waals surface area (Å²) in [6, 6.07) is 25.3. The summed E-state index contributed by atoms with van der Waals surface area (Å²) >= 11 is 0. The molecule has 0 heterocycles. The van der Waals surface area contributed by atoms with Crippen molar-refractivity contribution < 1.29 is 23.8 Å². The first-order valence-electron chi connectivity index (χ1n) is 14.8. The predicted octanol–water partition coefficient (Wildman–Crippen LogP) is 7.08. The molecule has 0 atom stereocenters. The Hall–Kier alpha value is -3.25. The van der Waals surface area contributed by atoms with Gasteiger partial charge in [0.1, 0.15) is 11.4 Å². The SMILES string of the molecule is Cc1cc([S+](c2ccccc2)c2ccccc2)cc(C)c1OCC(=O)OCC(=O)OC1(C)C2CC3CC(C2)CC1C3. The van der Waals surface area contributed by atoms with Gasteiger partial charge in [0.15, 0.2) is 27.9 Å². The van der Waals surface area contributed by atoms with Crippen molar-refractivity contribution in [3.8, 4) is 5.75 Å². The Morgan fingerprint density at radius 2 is 1.24 bits per heavy atom. The summed E-state index contributed by atoms with van der Waals surface area (Å²) in [6.07, 6.45) is 5.96. The van der Waals surface area contributed by atoms with Gasteiger partial charge in [-0.25, -0.2) is 9.59 Å². The van der Waals surface area contributed by atoms with Gasteiger partial charge in [0, 0.05) is 12.1 Å². The number of carbonyl (C=O) groups excluding carboxylic acids is 2. The molecule has 0 aliphatic heterocycles. The zero-order valence-electron chi connectivity index (χ0n) is 24.1. The van der Waals surface area contributed by atoms with E-state index < -0.39 is 17.5 Å². The number of aryl methyl sites for hydroxylation is 2. The van der Waals surface area contributed by atoms with Crippen LogP contribution in [-0.4, -0.2) is 30.8 Å². The molecular weight excluding hydrogens is 532 g/mol. The minimum atomic E-state index is -0.576. The number of ether oxygens (including phenoxy) is 3. The fourth-order valence-electron chi connectivity index (χ4n) is 7.65. The molecule has 0 N–H and O–H groups in total. The van der Waals surface area contributed by atoms with Gasteiger partial charge in [-0.1, -0.05) is 36.4 Å². The minimum absolute atomic E-state index is 0.261. The van der Waals surface area contributed by atoms with Crippen LogP contribution in [0.1, 0.15) is 50.2 Å². The summed E-state index contributed by atoms with van der Waals surface area (Å²) < 4.78 is 17.2. The summed E-state index contributed by atoms with van der Waals surface area (Å²) in [5, 5.41) is 0. The molecule has 0 spiro atoms. The number of benzene rings is 3. The van der Waals surface area contributed by atoms with Crippen molar-refractivity contribution in [1.29, 1.82) is 0 Å². The number of carbonyl (C=O) groups is 2. The molecule has 0 aromatic heterocycles. The van der Waals surface area contributed by atoms with Crippen molar-refractivity contribution in [2.75, 3.05) is 13.2 Å². The lowest BCUT2D eigenvalue weighted by Gasteiger charge is -2.59. The molecule has 4 aliphatic carbocycles. The number of hydrogen-bond donors (Lipinski definition) is 0. The van der Waals surface area contributed by atoms with Gasteiger partial charge in [-0.3, -0.25) is 0 Å². The molecule has 5 nitrogen and oxygen atoms in total. The summed E-state index contributed by atoms with van der Waals surface area (Å²) in [5.74, 6) is 2.08. The van der Waals surface area contributed by atoms with Crippen LogP contribution in [0.5, 0.6) is 5.75 Å². The maximum atomic E-state index is 12.7. The topological polar surface area (TPSA) is 61.8 Å². The largest absolute Gasteiger partial charge is 0.481 e. The average molecular weight is 572 g/mol. The second-order valence-electron chi connectivity index (χ2n) is 12.2. The lowest BCUT2D eigenvalue weighted by molar-refractivity contribution is -0.207. The van der Waals surface area contributed by atoms with Crippen molar-refractivity contribution in [2.45, 2.75) is 73.2 Å². The first kappa shape index (κ1) is 27.9. The zero-order chi connectivity index (χ0) is 28.6. The molecule has 214 valence electrons. The van der Waals surface area contributed by atoms with Gasteiger partial charge < -0.3 is 14.2 Å². The van der Waals surface area contributed by atoms with Crippen LogP contribution in [0.3, 0.4) is 0 Å². The van der Waals surface area contributed by atoms with E-state index in [2.05, 4.69) is 67.6 Å². The predicted molar refractivity (Wildman–Crippen MR) is 159 cm³/mol. The van der Waals surface area contributed by atoms with Crippen molar-refractivity contribution in [3.63, 3.8) is 0 Å². The molecule has 0 radical (unpaired) electrons. The van der Waals surface area contributed by atoms with Crippen LogP contribution in [0.15, 0.2) is 87.5 Å². The molecule has 4 fully saturated rings. The van der Waals surface area contributed by atoms with E-state index in [0.717, 1.165) is 48.6 Å². The molecule has 0 saturated heterocycles. The van der Waals surface area contributed by atoms with Gasteiger partial charge in [-0.15, -0.1) is 0 Å². The molecule has 3 aromatic carbocycles. The molecule has 41 heavy (non-hydrogen) atoms. The monoisotopic (exact) mass is 571 g/mol. The quantitative estimate of drug-likeness (QED) is 0.203. The van der Waals surface area contributed by atoms with Crippen LogP contribution in [0.2, 0.25) is 0 Å². The fraction of sp³-hybridized carbons (Fsp3) is 0.429. The highest BCUT2D eigenvalue weighted by Crippen LogP contribution is 2.59. The summed E-state index contributed by atoms with van der Waals surface area (Å²) in [5.41, 5.74) is 1.47. The Labute approximate surface area is 245 Å². The summed E-state index contributed by atoms with van der Waals surface area (Å²) in [6.45, 7) is 5.45. The molecule has 0 amide bonds. The van der Waals surface area contributed by atoms with E-state index in [0.29, 0.717) is 17.6 Å². The lowest BCUT2D eigenvalue weighted by Crippen LogP contribution is -2.58. The van der Waals surface area contributed by atoms with Gasteiger partial charge >= 0.3 is 11.9 Å². The molecule has 3 aromatic rings. The highest BCUT2D eigenvalue weighted by molar-refractivity contribution is 7.97. The minimum Gasteiger partial charge on any atom is -0.481 e. The van der Waals surface area contributed by atoms with E-state index in [1.165, 1.54) is 21.1 Å². The Morgan fingerprint density at radius 3 is 1.76 bits per heavy atom. The van der Waals surface area contributed by atoms with Crippen LogP contribution in [-0.2, 0) is 30.0 Å². The van der Waals surface area contributed by atoms with E-state index in [1.54, 1.807) is 0 Å². The van der Waals surface area contributed by atoms with Crippen LogP contribution in [0.25, 0.3) is 0 Å². The molecule has 4 aliphatic rings. The first-order valence-corrected chi connectivity index (χ1v) is 16.0. The maximum absolute atomic E-state index is 12.7. The van der Waals surface area contributed by atoms with Gasteiger partial charge in [0.25, 0.3) is 0 Å². The van der Waals surface area contributed by atoms with E-state index in [9.17, 15) is 9.59 Å². The normalized spacial score (nSPS) is 26.1. The highest BCUT2D eigenvalue weighted by atomic mass is 32.2. The molecule has 4 saturated carbocycles. The van der Waals surface area contributed by atoms with E-state index >= 15 is 0 Å². The molecule has 7 rings (SSSR count). The van der Waals surface area contributed by atoms with Crippen molar-refractivity contribution >= 4 is 22.8 Å². The third-order valence-electron chi connectivity index (χ3n) is 9.41. The lowest BCUT2D eigenvalue weighted by atomic mass is 9.50. The van der Waals surface area contributed by atoms with Crippen LogP contribution in [0, 0.1) is 37.5 Å². The average Bonchev–Trinajstić information content (AvgIpc) is 2.95. The Bertz CT molecular complexity index is 1310. The van der Waals surface area contributed by atoms with Crippen LogP contribution >= 0.6 is 0 Å². The number of hydrogen-bond acceptors (Lipinski definition) is 5. The fourth-order valence-corrected chi connectivity index (χ4v) is 9.92. The van der Waals surface area contributed by atoms with E-state index in [4.69, 9.17) is 14.2 Å². The third-order valence-corrected chi connectivity index (χ3v) is 11.6. The third kappa shape index (κ3) is 5.76. The van der Waals surface area contributed by atoms with Gasteiger partial charge in [0.05, 0.1) is 10.9 Å². The molecular formula is C35H39O5S+. The molecule has 0 unspecified atom stereocenters. The highest BCUT2D eigenvalue weighted by Gasteiger charge is 2.57. The van der Waals surface area contributed by atoms with E-state index in [1.807, 2.05) is 26.0 Å². The second-order valence-corrected chi connectivity index (χ2v) is 14.3. The maximum Gasteiger partial charge on any atom is 0.344 e. The summed E-state index contributed by atoms with van der Waals surface area (Å²) in [7, 11) is -0.272. The number of esters is 2. The van der Waals surface area contributed by atoms with Crippen molar-refractivity contribution in [1.82, 2.24) is 0 Å². The first-order chi connectivity index (χ1) is 19.8. The second kappa shape index (κ2) is 11.6. The summed E-state index contributed by atoms with van der Waals surface area (Å²) in [4.78, 5) is 28.9. The van der Waals surface area contributed by atoms with Crippen LogP contribution in [0.4, 0.5) is 0 Å². The van der Waals surface area contributed by atoms with Crippen molar-refractivity contribution in [3.05, 3.63) is 83.9 Å². The van der Waals surface area contributed by atoms with E-state index in [-0.39, 0.29) is 24.1 Å². The molecule has 6 heteroatoms. The Morgan fingerprint density at radius 1 is 0.732 bits per heavy atom. The van der Waals surface area contributed by atoms with Gasteiger partial charge in [-0.2, -0.15) is 0 Å². The standard InChI is InChI=1S/C35H39O5S/c1-23-14-31(41(29-10-6-4-7-11-29)30-12-8-5-9-13-30)15-24(2)34(23)39-21-32(36)38-22-33(37)40-35(3)27-17-25-16-26(19-27)20-28(35)18-25/h4-15,25-28H,16-22H2,1-3H3/q+1. The zero-order valence-corrected chi connectivity index (χ0v) is 25.0. The van der Waals surface area contributed by atoms with Crippen LogP contribution < -0.4 is 4.74 Å². The Balaban J connectivity index is 1.07. The number of rotatable bonds is 9. The molecule has 4 bridgehead atoms. The van der Waals surface area contributed by atoms with Crippen molar-refractivity contribution in [2.24, 2.45) is 23.7 Å². The van der Waals surface area contributed by atoms with Gasteiger partial charge in [-0.05, 0) is 112 Å². The smallest absolute Gasteiger partial charge is 0.344 e. The van der Waals surface area contributed by atoms with Gasteiger partial charge in [0.2, 0.25) is 0 Å². The Kier molecular flexibility index (Phi) is 7.86.